The molecule has 23 heavy (non-hydrogen) atoms. The van der Waals surface area contributed by atoms with Crippen molar-refractivity contribution in [2.75, 3.05) is 39.7 Å². The first-order chi connectivity index (χ1) is 11.1. The highest BCUT2D eigenvalue weighted by molar-refractivity contribution is 5.32. The van der Waals surface area contributed by atoms with Gasteiger partial charge in [0.1, 0.15) is 24.2 Å². The van der Waals surface area contributed by atoms with Gasteiger partial charge in [-0.1, -0.05) is 11.2 Å². The predicted molar refractivity (Wildman–Crippen MR) is 84.7 cm³/mol. The molecular formula is C15H22N4O4. The molecule has 1 aromatic heterocycles. The second kappa shape index (κ2) is 8.35. The van der Waals surface area contributed by atoms with E-state index < -0.39 is 6.10 Å². The lowest BCUT2D eigenvalue weighted by molar-refractivity contribution is 0.117. The van der Waals surface area contributed by atoms with Crippen LogP contribution in [0.15, 0.2) is 28.7 Å². The molecule has 1 unspecified atom stereocenters. The summed E-state index contributed by atoms with van der Waals surface area (Å²) in [5.41, 5.74) is 0. The topological polar surface area (TPSA) is 92.9 Å². The zero-order valence-corrected chi connectivity index (χ0v) is 13.5. The van der Waals surface area contributed by atoms with Gasteiger partial charge in [0, 0.05) is 12.6 Å². The van der Waals surface area contributed by atoms with E-state index in [1.54, 1.807) is 19.2 Å². The van der Waals surface area contributed by atoms with E-state index in [1.165, 1.54) is 0 Å². The van der Waals surface area contributed by atoms with Crippen molar-refractivity contribution in [3.8, 4) is 11.5 Å². The molecule has 1 atom stereocenters. The Bertz CT molecular complexity index is 603. The van der Waals surface area contributed by atoms with E-state index in [4.69, 9.17) is 13.9 Å². The maximum Gasteiger partial charge on any atom is 0.315 e. The van der Waals surface area contributed by atoms with Crippen molar-refractivity contribution in [1.29, 1.82) is 0 Å². The van der Waals surface area contributed by atoms with E-state index in [9.17, 15) is 5.11 Å². The molecule has 0 spiro atoms. The number of aromatic nitrogens is 2. The number of hydrogen-bond donors (Lipinski definition) is 2. The van der Waals surface area contributed by atoms with Gasteiger partial charge in [0.05, 0.1) is 13.7 Å². The number of methoxy groups -OCH3 is 1. The van der Waals surface area contributed by atoms with Gasteiger partial charge >= 0.3 is 6.01 Å². The maximum atomic E-state index is 9.93. The number of ether oxygens (including phenoxy) is 2. The first kappa shape index (κ1) is 17.0. The molecule has 0 radical (unpaired) electrons. The lowest BCUT2D eigenvalue weighted by Gasteiger charge is -2.12. The van der Waals surface area contributed by atoms with Gasteiger partial charge in [-0.25, -0.2) is 0 Å². The van der Waals surface area contributed by atoms with Gasteiger partial charge in [0.2, 0.25) is 5.89 Å². The van der Waals surface area contributed by atoms with Crippen LogP contribution in [-0.4, -0.2) is 60.7 Å². The molecular weight excluding hydrogens is 300 g/mol. The summed E-state index contributed by atoms with van der Waals surface area (Å²) in [7, 11) is 5.42. The van der Waals surface area contributed by atoms with Crippen LogP contribution in [0.4, 0.5) is 6.01 Å². The molecule has 1 heterocycles. The van der Waals surface area contributed by atoms with Crippen molar-refractivity contribution in [1.82, 2.24) is 15.1 Å². The average molecular weight is 322 g/mol. The van der Waals surface area contributed by atoms with Crippen molar-refractivity contribution in [3.63, 3.8) is 0 Å². The minimum Gasteiger partial charge on any atom is -0.497 e. The molecule has 8 heteroatoms. The fraction of sp³-hybridized carbons (Fsp3) is 0.467. The summed E-state index contributed by atoms with van der Waals surface area (Å²) in [6.45, 7) is 0.947. The van der Waals surface area contributed by atoms with Gasteiger partial charge in [0.25, 0.3) is 0 Å². The summed E-state index contributed by atoms with van der Waals surface area (Å²) in [6, 6.07) is 7.48. The van der Waals surface area contributed by atoms with Crippen molar-refractivity contribution in [2.24, 2.45) is 0 Å². The average Bonchev–Trinajstić information content (AvgIpc) is 2.98. The first-order valence-corrected chi connectivity index (χ1v) is 7.22. The second-order valence-corrected chi connectivity index (χ2v) is 5.26. The molecule has 0 aliphatic heterocycles. The number of nitrogens with zero attached hydrogens (tertiary/aromatic N) is 3. The van der Waals surface area contributed by atoms with Gasteiger partial charge in [-0.2, -0.15) is 0 Å². The highest BCUT2D eigenvalue weighted by atomic mass is 16.5. The highest BCUT2D eigenvalue weighted by Gasteiger charge is 2.10. The minimum atomic E-state index is -0.717. The third-order valence-electron chi connectivity index (χ3n) is 2.89. The van der Waals surface area contributed by atoms with Crippen LogP contribution < -0.4 is 14.8 Å². The van der Waals surface area contributed by atoms with Gasteiger partial charge in [-0.15, -0.1) is 5.10 Å². The van der Waals surface area contributed by atoms with Gasteiger partial charge in [0.15, 0.2) is 0 Å². The van der Waals surface area contributed by atoms with Gasteiger partial charge < -0.3 is 29.2 Å². The lowest BCUT2D eigenvalue weighted by Crippen LogP contribution is -2.26. The molecule has 2 aromatic rings. The number of hydrogen-bond acceptors (Lipinski definition) is 8. The molecule has 2 N–H and O–H groups in total. The Labute approximate surface area is 135 Å². The van der Waals surface area contributed by atoms with E-state index >= 15 is 0 Å². The predicted octanol–water partition coefficient (Wildman–Crippen LogP) is 0.992. The van der Waals surface area contributed by atoms with E-state index in [1.807, 2.05) is 31.1 Å². The number of anilines is 1. The Hall–Kier alpha value is -2.32. The monoisotopic (exact) mass is 322 g/mol. The molecule has 8 nitrogen and oxygen atoms in total. The fourth-order valence-corrected chi connectivity index (χ4v) is 1.81. The molecule has 0 amide bonds. The second-order valence-electron chi connectivity index (χ2n) is 5.26. The number of aliphatic hydroxyl groups is 1. The number of aliphatic hydroxyl groups excluding tert-OH is 1. The smallest absolute Gasteiger partial charge is 0.315 e. The van der Waals surface area contributed by atoms with E-state index in [0.29, 0.717) is 23.9 Å². The van der Waals surface area contributed by atoms with Crippen LogP contribution >= 0.6 is 0 Å². The van der Waals surface area contributed by atoms with Crippen LogP contribution in [0.2, 0.25) is 0 Å². The third kappa shape index (κ3) is 5.76. The zero-order chi connectivity index (χ0) is 16.7. The Morgan fingerprint density at radius 3 is 2.83 bits per heavy atom. The quantitative estimate of drug-likeness (QED) is 0.706. The lowest BCUT2D eigenvalue weighted by atomic mass is 10.3. The Balaban J connectivity index is 1.74. The summed E-state index contributed by atoms with van der Waals surface area (Å²) in [6.07, 6.45) is -0.717. The van der Waals surface area contributed by atoms with Crippen molar-refractivity contribution in [2.45, 2.75) is 12.6 Å². The third-order valence-corrected chi connectivity index (χ3v) is 2.89. The van der Waals surface area contributed by atoms with E-state index in [0.717, 1.165) is 0 Å². The van der Waals surface area contributed by atoms with Crippen LogP contribution in [0.25, 0.3) is 0 Å². The Kier molecular flexibility index (Phi) is 6.19. The van der Waals surface area contributed by atoms with Crippen LogP contribution in [0.5, 0.6) is 11.5 Å². The van der Waals surface area contributed by atoms with Crippen molar-refractivity contribution < 1.29 is 19.0 Å². The molecule has 0 aliphatic rings. The summed E-state index contributed by atoms with van der Waals surface area (Å²) in [5.74, 6) is 1.85. The Morgan fingerprint density at radius 1 is 1.30 bits per heavy atom. The van der Waals surface area contributed by atoms with Gasteiger partial charge in [-0.05, 0) is 26.2 Å². The van der Waals surface area contributed by atoms with Crippen LogP contribution in [-0.2, 0) is 6.54 Å². The summed E-state index contributed by atoms with van der Waals surface area (Å²) in [4.78, 5) is 1.92. The normalized spacial score (nSPS) is 12.2. The van der Waals surface area contributed by atoms with Crippen molar-refractivity contribution >= 4 is 6.01 Å². The molecule has 126 valence electrons. The summed E-state index contributed by atoms with van der Waals surface area (Å²) in [5, 5.41) is 20.6. The number of rotatable bonds is 9. The molecule has 1 aromatic carbocycles. The molecule has 0 bridgehead atoms. The molecule has 0 aliphatic carbocycles. The first-order valence-electron chi connectivity index (χ1n) is 7.22. The molecule has 0 saturated carbocycles. The number of benzene rings is 1. The summed E-state index contributed by atoms with van der Waals surface area (Å²) >= 11 is 0. The fourth-order valence-electron chi connectivity index (χ4n) is 1.81. The largest absolute Gasteiger partial charge is 0.497 e. The minimum absolute atomic E-state index is 0.138. The molecule has 0 fully saturated rings. The molecule has 0 saturated heterocycles. The Morgan fingerprint density at radius 2 is 2.09 bits per heavy atom. The SMILES string of the molecule is COc1cccc(OCC(O)CNc2nnc(CN(C)C)o2)c1. The standard InChI is InChI=1S/C15H22N4O4/c1-19(2)9-14-17-18-15(23-14)16-8-11(20)10-22-13-6-4-5-12(7-13)21-3/h4-7,11,20H,8-10H2,1-3H3,(H,16,18). The maximum absolute atomic E-state index is 9.93. The zero-order valence-electron chi connectivity index (χ0n) is 13.5. The van der Waals surface area contributed by atoms with Crippen molar-refractivity contribution in [3.05, 3.63) is 30.2 Å². The summed E-state index contributed by atoms with van der Waals surface area (Å²) < 4.78 is 16.0. The van der Waals surface area contributed by atoms with Crippen LogP contribution in [0.3, 0.4) is 0 Å². The molecule has 2 rings (SSSR count). The van der Waals surface area contributed by atoms with Crippen LogP contribution in [0.1, 0.15) is 5.89 Å². The number of nitrogens with one attached hydrogen (secondary N) is 1. The van der Waals surface area contributed by atoms with Gasteiger partial charge in [-0.3, -0.25) is 0 Å². The van der Waals surface area contributed by atoms with Crippen LogP contribution in [0, 0.1) is 0 Å². The van der Waals surface area contributed by atoms with E-state index in [-0.39, 0.29) is 19.2 Å². The van der Waals surface area contributed by atoms with E-state index in [2.05, 4.69) is 15.5 Å². The highest BCUT2D eigenvalue weighted by Crippen LogP contribution is 2.18.